The van der Waals surface area contributed by atoms with Crippen molar-refractivity contribution in [2.75, 3.05) is 39.9 Å². The molecule has 0 saturated carbocycles. The summed E-state index contributed by atoms with van der Waals surface area (Å²) < 4.78 is 5.28. The maximum absolute atomic E-state index is 5.28. The van der Waals surface area contributed by atoms with E-state index in [9.17, 15) is 0 Å². The van der Waals surface area contributed by atoms with Crippen LogP contribution in [0.5, 0.6) is 0 Å². The van der Waals surface area contributed by atoms with Crippen LogP contribution in [0.4, 0.5) is 0 Å². The fourth-order valence-corrected chi connectivity index (χ4v) is 2.34. The van der Waals surface area contributed by atoms with Gasteiger partial charge in [0.05, 0.1) is 6.61 Å². The number of hydrogen-bond acceptors (Lipinski definition) is 3. The molecule has 1 atom stereocenters. The van der Waals surface area contributed by atoms with Gasteiger partial charge in [-0.05, 0) is 45.8 Å². The molecule has 0 amide bonds. The largest absolute Gasteiger partial charge is 0.383 e. The third-order valence-electron chi connectivity index (χ3n) is 3.32. The summed E-state index contributed by atoms with van der Waals surface area (Å²) in [4.78, 5) is 2.55. The molecule has 1 aliphatic heterocycles. The molecule has 0 bridgehead atoms. The fraction of sp³-hybridized carbons (Fsp3) is 1.00. The second-order valence-corrected chi connectivity index (χ2v) is 5.15. The van der Waals surface area contributed by atoms with Crippen LogP contribution in [0.2, 0.25) is 0 Å². The molecule has 0 aromatic heterocycles. The van der Waals surface area contributed by atoms with E-state index in [0.29, 0.717) is 0 Å². The van der Waals surface area contributed by atoms with Crippen molar-refractivity contribution in [1.82, 2.24) is 10.2 Å². The minimum Gasteiger partial charge on any atom is -0.383 e. The Hall–Kier alpha value is -0.120. The standard InChI is InChI=1S/C12H26N2O/c1-5-13-8-11-6-7-14(9-11)12(2,3)10-15-4/h11,13H,5-10H2,1-4H3. The van der Waals surface area contributed by atoms with E-state index >= 15 is 0 Å². The highest BCUT2D eigenvalue weighted by molar-refractivity contribution is 4.88. The summed E-state index contributed by atoms with van der Waals surface area (Å²) in [5.74, 6) is 0.820. The Morgan fingerprint density at radius 2 is 2.20 bits per heavy atom. The normalized spacial score (nSPS) is 23.6. The molecule has 3 nitrogen and oxygen atoms in total. The minimum atomic E-state index is 0.190. The van der Waals surface area contributed by atoms with Crippen molar-refractivity contribution in [2.24, 2.45) is 5.92 Å². The zero-order valence-electron chi connectivity index (χ0n) is 10.7. The van der Waals surface area contributed by atoms with Crippen LogP contribution >= 0.6 is 0 Å². The van der Waals surface area contributed by atoms with Gasteiger partial charge in [-0.1, -0.05) is 6.92 Å². The third kappa shape index (κ3) is 3.74. The molecule has 1 rings (SSSR count). The van der Waals surface area contributed by atoms with Gasteiger partial charge >= 0.3 is 0 Å². The zero-order chi connectivity index (χ0) is 11.3. The molecule has 90 valence electrons. The summed E-state index contributed by atoms with van der Waals surface area (Å²) in [6.07, 6.45) is 1.32. The van der Waals surface area contributed by atoms with Gasteiger partial charge in [-0.15, -0.1) is 0 Å². The van der Waals surface area contributed by atoms with Crippen molar-refractivity contribution in [2.45, 2.75) is 32.7 Å². The predicted octanol–water partition coefficient (Wildman–Crippen LogP) is 1.34. The van der Waals surface area contributed by atoms with Crippen molar-refractivity contribution >= 4 is 0 Å². The van der Waals surface area contributed by atoms with Gasteiger partial charge in [0, 0.05) is 19.2 Å². The highest BCUT2D eigenvalue weighted by Gasteiger charge is 2.32. The Labute approximate surface area is 94.2 Å². The van der Waals surface area contributed by atoms with Crippen LogP contribution in [0.25, 0.3) is 0 Å². The molecule has 0 radical (unpaired) electrons. The van der Waals surface area contributed by atoms with Crippen molar-refractivity contribution in [3.05, 3.63) is 0 Å². The summed E-state index contributed by atoms with van der Waals surface area (Å²) in [5, 5.41) is 3.44. The van der Waals surface area contributed by atoms with E-state index in [2.05, 4.69) is 31.0 Å². The number of hydrogen-bond donors (Lipinski definition) is 1. The molecule has 1 saturated heterocycles. The van der Waals surface area contributed by atoms with Crippen LogP contribution in [0.1, 0.15) is 27.2 Å². The minimum absolute atomic E-state index is 0.190. The number of rotatable bonds is 6. The van der Waals surface area contributed by atoms with Crippen LogP contribution in [0.15, 0.2) is 0 Å². The summed E-state index contributed by atoms with van der Waals surface area (Å²) in [6, 6.07) is 0. The molecule has 1 fully saturated rings. The van der Waals surface area contributed by atoms with Gasteiger partial charge in [0.25, 0.3) is 0 Å². The zero-order valence-corrected chi connectivity index (χ0v) is 10.7. The van der Waals surface area contributed by atoms with Gasteiger partial charge in [-0.3, -0.25) is 4.90 Å². The maximum Gasteiger partial charge on any atom is 0.0641 e. The number of nitrogens with one attached hydrogen (secondary N) is 1. The number of methoxy groups -OCH3 is 1. The average molecular weight is 214 g/mol. The molecule has 15 heavy (non-hydrogen) atoms. The second-order valence-electron chi connectivity index (χ2n) is 5.15. The van der Waals surface area contributed by atoms with Gasteiger partial charge in [-0.2, -0.15) is 0 Å². The molecule has 1 aliphatic rings. The third-order valence-corrected chi connectivity index (χ3v) is 3.32. The van der Waals surface area contributed by atoms with E-state index < -0.39 is 0 Å². The Balaban J connectivity index is 2.34. The molecule has 1 heterocycles. The molecule has 3 heteroatoms. The van der Waals surface area contributed by atoms with Crippen LogP contribution in [0, 0.1) is 5.92 Å². The molecule has 1 N–H and O–H groups in total. The Morgan fingerprint density at radius 3 is 2.80 bits per heavy atom. The smallest absolute Gasteiger partial charge is 0.0641 e. The van der Waals surface area contributed by atoms with Crippen LogP contribution in [-0.4, -0.2) is 50.3 Å². The fourth-order valence-electron chi connectivity index (χ4n) is 2.34. The maximum atomic E-state index is 5.28. The SMILES string of the molecule is CCNCC1CCN(C(C)(C)COC)C1. The lowest BCUT2D eigenvalue weighted by atomic mass is 10.0. The Kier molecular flexibility index (Phi) is 5.03. The van der Waals surface area contributed by atoms with Crippen LogP contribution < -0.4 is 5.32 Å². The first-order chi connectivity index (χ1) is 7.10. The van der Waals surface area contributed by atoms with E-state index in [4.69, 9.17) is 4.74 Å². The van der Waals surface area contributed by atoms with Crippen molar-refractivity contribution < 1.29 is 4.74 Å². The quantitative estimate of drug-likeness (QED) is 0.722. The van der Waals surface area contributed by atoms with Crippen molar-refractivity contribution in [1.29, 1.82) is 0 Å². The first-order valence-corrected chi connectivity index (χ1v) is 6.05. The highest BCUT2D eigenvalue weighted by atomic mass is 16.5. The summed E-state index contributed by atoms with van der Waals surface area (Å²) in [7, 11) is 1.79. The predicted molar refractivity (Wildman–Crippen MR) is 64.2 cm³/mol. The van der Waals surface area contributed by atoms with Gasteiger partial charge in [0.15, 0.2) is 0 Å². The molecule has 0 aromatic carbocycles. The van der Waals surface area contributed by atoms with Crippen LogP contribution in [-0.2, 0) is 4.74 Å². The summed E-state index contributed by atoms with van der Waals surface area (Å²) >= 11 is 0. The molecule has 1 unspecified atom stereocenters. The molecule has 0 aliphatic carbocycles. The first-order valence-electron chi connectivity index (χ1n) is 6.05. The van der Waals surface area contributed by atoms with E-state index in [0.717, 1.165) is 25.6 Å². The van der Waals surface area contributed by atoms with E-state index in [-0.39, 0.29) is 5.54 Å². The number of ether oxygens (including phenoxy) is 1. The van der Waals surface area contributed by atoms with Gasteiger partial charge in [0.2, 0.25) is 0 Å². The topological polar surface area (TPSA) is 24.5 Å². The Bertz CT molecular complexity index is 182. The van der Waals surface area contributed by atoms with Crippen molar-refractivity contribution in [3.8, 4) is 0 Å². The molecular formula is C12H26N2O. The average Bonchev–Trinajstić information content (AvgIpc) is 2.63. The van der Waals surface area contributed by atoms with Gasteiger partial charge in [0.1, 0.15) is 0 Å². The second kappa shape index (κ2) is 5.83. The molecule has 0 aromatic rings. The van der Waals surface area contributed by atoms with Crippen molar-refractivity contribution in [3.63, 3.8) is 0 Å². The molecule has 0 spiro atoms. The Morgan fingerprint density at radius 1 is 1.47 bits per heavy atom. The summed E-state index contributed by atoms with van der Waals surface area (Å²) in [6.45, 7) is 12.2. The highest BCUT2D eigenvalue weighted by Crippen LogP contribution is 2.24. The number of likely N-dealkylation sites (tertiary alicyclic amines) is 1. The van der Waals surface area contributed by atoms with Gasteiger partial charge in [-0.25, -0.2) is 0 Å². The lowest BCUT2D eigenvalue weighted by molar-refractivity contribution is 0.0468. The lowest BCUT2D eigenvalue weighted by Crippen LogP contribution is -2.46. The first kappa shape index (κ1) is 12.9. The summed E-state index contributed by atoms with van der Waals surface area (Å²) in [5.41, 5.74) is 0.190. The monoisotopic (exact) mass is 214 g/mol. The van der Waals surface area contributed by atoms with E-state index in [1.165, 1.54) is 19.5 Å². The van der Waals surface area contributed by atoms with Gasteiger partial charge < -0.3 is 10.1 Å². The van der Waals surface area contributed by atoms with E-state index in [1.54, 1.807) is 7.11 Å². The van der Waals surface area contributed by atoms with Crippen LogP contribution in [0.3, 0.4) is 0 Å². The van der Waals surface area contributed by atoms with E-state index in [1.807, 2.05) is 0 Å². The number of nitrogens with zero attached hydrogens (tertiary/aromatic N) is 1. The molecular weight excluding hydrogens is 188 g/mol. The lowest BCUT2D eigenvalue weighted by Gasteiger charge is -2.35.